The molecule has 0 spiro atoms. The molecule has 3 rings (SSSR count). The van der Waals surface area contributed by atoms with Crippen LogP contribution in [0.25, 0.3) is 11.5 Å². The van der Waals surface area contributed by atoms with Crippen LogP contribution in [0.5, 0.6) is 5.75 Å². The average molecular weight is 257 g/mol. The van der Waals surface area contributed by atoms with Crippen molar-refractivity contribution >= 4 is 0 Å². The number of methoxy groups -OCH3 is 1. The quantitative estimate of drug-likeness (QED) is 0.702. The zero-order chi connectivity index (χ0) is 13.1. The lowest BCUT2D eigenvalue weighted by Gasteiger charge is -1.98. The normalized spacial score (nSPS) is 10.6. The van der Waals surface area contributed by atoms with E-state index in [1.807, 2.05) is 24.3 Å². The van der Waals surface area contributed by atoms with Crippen molar-refractivity contribution in [2.75, 3.05) is 7.11 Å². The summed E-state index contributed by atoms with van der Waals surface area (Å²) in [6, 6.07) is 7.42. The fraction of sp³-hybridized carbons (Fsp3) is 0.167. The first-order chi connectivity index (χ1) is 9.35. The van der Waals surface area contributed by atoms with Crippen LogP contribution < -0.4 is 4.74 Å². The lowest BCUT2D eigenvalue weighted by Crippen LogP contribution is -2.01. The van der Waals surface area contributed by atoms with E-state index < -0.39 is 0 Å². The van der Waals surface area contributed by atoms with Gasteiger partial charge in [-0.2, -0.15) is 10.1 Å². The van der Waals surface area contributed by atoms with Gasteiger partial charge in [0, 0.05) is 5.56 Å². The fourth-order valence-corrected chi connectivity index (χ4v) is 1.63. The molecule has 1 aromatic carbocycles. The van der Waals surface area contributed by atoms with E-state index in [2.05, 4.69) is 20.2 Å². The molecule has 0 amide bonds. The second kappa shape index (κ2) is 4.89. The second-order valence-corrected chi connectivity index (χ2v) is 3.84. The summed E-state index contributed by atoms with van der Waals surface area (Å²) in [5.74, 6) is 1.81. The Morgan fingerprint density at radius 3 is 2.79 bits per heavy atom. The van der Waals surface area contributed by atoms with Crippen molar-refractivity contribution < 1.29 is 9.26 Å². The molecule has 0 N–H and O–H groups in total. The molecular weight excluding hydrogens is 246 g/mol. The van der Waals surface area contributed by atoms with Gasteiger partial charge in [0.15, 0.2) is 5.82 Å². The third-order valence-electron chi connectivity index (χ3n) is 2.58. The summed E-state index contributed by atoms with van der Waals surface area (Å²) in [5, 5.41) is 7.89. The van der Waals surface area contributed by atoms with E-state index in [-0.39, 0.29) is 0 Å². The van der Waals surface area contributed by atoms with E-state index in [9.17, 15) is 0 Å². The van der Waals surface area contributed by atoms with E-state index in [1.54, 1.807) is 18.1 Å². The summed E-state index contributed by atoms with van der Waals surface area (Å²) in [6.07, 6.45) is 3.06. The largest absolute Gasteiger partial charge is 0.497 e. The minimum atomic E-state index is 0.430. The smallest absolute Gasteiger partial charge is 0.257 e. The number of hydrogen-bond acceptors (Lipinski definition) is 6. The number of ether oxygens (including phenoxy) is 1. The van der Waals surface area contributed by atoms with Crippen LogP contribution in [0.2, 0.25) is 0 Å². The van der Waals surface area contributed by atoms with Gasteiger partial charge in [-0.3, -0.25) is 0 Å². The lowest BCUT2D eigenvalue weighted by atomic mass is 10.2. The van der Waals surface area contributed by atoms with Gasteiger partial charge in [0.25, 0.3) is 5.89 Å². The summed E-state index contributed by atoms with van der Waals surface area (Å²) in [5.41, 5.74) is 0.846. The standard InChI is InChI=1S/C12H11N5O2/c1-18-10-4-2-9(3-5-10)12-15-11(16-19-12)6-17-8-13-7-14-17/h2-5,7-8H,6H2,1H3. The van der Waals surface area contributed by atoms with Crippen LogP contribution in [-0.2, 0) is 6.54 Å². The maximum Gasteiger partial charge on any atom is 0.257 e. The number of aromatic nitrogens is 5. The van der Waals surface area contributed by atoms with Gasteiger partial charge in [0.1, 0.15) is 24.9 Å². The molecule has 0 aliphatic carbocycles. The molecule has 2 heterocycles. The van der Waals surface area contributed by atoms with Crippen molar-refractivity contribution in [1.82, 2.24) is 24.9 Å². The SMILES string of the molecule is COc1ccc(-c2nc(Cn3cncn3)no2)cc1. The maximum absolute atomic E-state index is 5.21. The average Bonchev–Trinajstić information content (AvgIpc) is 3.11. The van der Waals surface area contributed by atoms with Gasteiger partial charge in [0.2, 0.25) is 0 Å². The van der Waals surface area contributed by atoms with Crippen molar-refractivity contribution in [2.45, 2.75) is 6.54 Å². The predicted molar refractivity (Wildman–Crippen MR) is 65.4 cm³/mol. The zero-order valence-corrected chi connectivity index (χ0v) is 10.2. The van der Waals surface area contributed by atoms with Gasteiger partial charge in [-0.15, -0.1) is 0 Å². The molecule has 0 fully saturated rings. The number of nitrogens with zero attached hydrogens (tertiary/aromatic N) is 5. The van der Waals surface area contributed by atoms with Crippen molar-refractivity contribution in [3.05, 3.63) is 42.7 Å². The molecule has 7 nitrogen and oxygen atoms in total. The molecule has 0 aliphatic heterocycles. The predicted octanol–water partition coefficient (Wildman–Crippen LogP) is 1.38. The molecular formula is C12H11N5O2. The van der Waals surface area contributed by atoms with E-state index in [0.717, 1.165) is 11.3 Å². The van der Waals surface area contributed by atoms with E-state index in [1.165, 1.54) is 6.33 Å². The second-order valence-electron chi connectivity index (χ2n) is 3.84. The highest BCUT2D eigenvalue weighted by atomic mass is 16.5. The van der Waals surface area contributed by atoms with Gasteiger partial charge >= 0.3 is 0 Å². The first-order valence-corrected chi connectivity index (χ1v) is 5.64. The summed E-state index contributed by atoms with van der Waals surface area (Å²) in [4.78, 5) is 8.16. The first kappa shape index (κ1) is 11.4. The van der Waals surface area contributed by atoms with Gasteiger partial charge in [-0.05, 0) is 24.3 Å². The maximum atomic E-state index is 5.21. The van der Waals surface area contributed by atoms with Crippen LogP contribution in [0.3, 0.4) is 0 Å². The minimum absolute atomic E-state index is 0.430. The van der Waals surface area contributed by atoms with Crippen LogP contribution in [0.1, 0.15) is 5.82 Å². The summed E-state index contributed by atoms with van der Waals surface area (Å²) < 4.78 is 11.9. The molecule has 0 bridgehead atoms. The van der Waals surface area contributed by atoms with Gasteiger partial charge in [0.05, 0.1) is 7.11 Å². The Hall–Kier alpha value is -2.70. The Morgan fingerprint density at radius 1 is 1.26 bits per heavy atom. The number of hydrogen-bond donors (Lipinski definition) is 0. The molecule has 19 heavy (non-hydrogen) atoms. The molecule has 0 aliphatic rings. The van der Waals surface area contributed by atoms with Crippen LogP contribution in [0.4, 0.5) is 0 Å². The Balaban J connectivity index is 1.80. The van der Waals surface area contributed by atoms with Crippen LogP contribution in [0.15, 0.2) is 41.4 Å². The first-order valence-electron chi connectivity index (χ1n) is 5.64. The summed E-state index contributed by atoms with van der Waals surface area (Å²) >= 11 is 0. The fourth-order valence-electron chi connectivity index (χ4n) is 1.63. The van der Waals surface area contributed by atoms with E-state index in [4.69, 9.17) is 9.26 Å². The lowest BCUT2D eigenvalue weighted by molar-refractivity contribution is 0.413. The molecule has 0 unspecified atom stereocenters. The summed E-state index contributed by atoms with van der Waals surface area (Å²) in [7, 11) is 1.62. The van der Waals surface area contributed by atoms with Crippen molar-refractivity contribution in [2.24, 2.45) is 0 Å². The highest BCUT2D eigenvalue weighted by molar-refractivity contribution is 5.54. The van der Waals surface area contributed by atoms with Gasteiger partial charge in [-0.25, -0.2) is 9.67 Å². The van der Waals surface area contributed by atoms with Crippen molar-refractivity contribution in [1.29, 1.82) is 0 Å². The minimum Gasteiger partial charge on any atom is -0.497 e. The Labute approximate surface area is 108 Å². The molecule has 96 valence electrons. The monoisotopic (exact) mass is 257 g/mol. The van der Waals surface area contributed by atoms with E-state index in [0.29, 0.717) is 18.3 Å². The molecule has 0 saturated carbocycles. The zero-order valence-electron chi connectivity index (χ0n) is 10.2. The van der Waals surface area contributed by atoms with Crippen LogP contribution >= 0.6 is 0 Å². The van der Waals surface area contributed by atoms with Crippen LogP contribution in [0, 0.1) is 0 Å². The highest BCUT2D eigenvalue weighted by Gasteiger charge is 2.09. The topological polar surface area (TPSA) is 78.9 Å². The number of benzene rings is 1. The van der Waals surface area contributed by atoms with Crippen molar-refractivity contribution in [3.63, 3.8) is 0 Å². The third kappa shape index (κ3) is 2.44. The summed E-state index contributed by atoms with van der Waals surface area (Å²) in [6.45, 7) is 0.430. The van der Waals surface area contributed by atoms with Gasteiger partial charge in [-0.1, -0.05) is 5.16 Å². The number of rotatable bonds is 4. The van der Waals surface area contributed by atoms with Crippen molar-refractivity contribution in [3.8, 4) is 17.2 Å². The highest BCUT2D eigenvalue weighted by Crippen LogP contribution is 2.20. The Bertz CT molecular complexity index is 645. The Kier molecular flexibility index (Phi) is 2.93. The molecule has 7 heteroatoms. The molecule has 0 saturated heterocycles. The van der Waals surface area contributed by atoms with E-state index >= 15 is 0 Å². The molecule has 2 aromatic heterocycles. The third-order valence-corrected chi connectivity index (χ3v) is 2.58. The Morgan fingerprint density at radius 2 is 2.11 bits per heavy atom. The van der Waals surface area contributed by atoms with Crippen LogP contribution in [-0.4, -0.2) is 32.0 Å². The van der Waals surface area contributed by atoms with Gasteiger partial charge < -0.3 is 9.26 Å². The molecule has 0 radical (unpaired) electrons. The molecule has 0 atom stereocenters. The molecule has 3 aromatic rings.